The largest absolute Gasteiger partial charge is 0.484 e. The van der Waals surface area contributed by atoms with E-state index in [1.165, 1.54) is 0 Å². The molecule has 1 aromatic rings. The fourth-order valence-electron chi connectivity index (χ4n) is 3.66. The van der Waals surface area contributed by atoms with Gasteiger partial charge in [-0.15, -0.1) is 0 Å². The van der Waals surface area contributed by atoms with E-state index in [-0.39, 0.29) is 31.7 Å². The molecule has 0 atom stereocenters. The van der Waals surface area contributed by atoms with Crippen molar-refractivity contribution < 1.29 is 23.9 Å². The van der Waals surface area contributed by atoms with Crippen LogP contribution in [0.25, 0.3) is 0 Å². The molecule has 2 rings (SSSR count). The predicted octanol–water partition coefficient (Wildman–Crippen LogP) is 2.84. The average molecular weight is 419 g/mol. The van der Waals surface area contributed by atoms with E-state index in [9.17, 15) is 14.4 Å². The second-order valence-corrected chi connectivity index (χ2v) is 8.50. The van der Waals surface area contributed by atoms with Gasteiger partial charge in [-0.1, -0.05) is 45.4 Å². The SMILES string of the molecule is CCC(C)(C)C1CCC(NC(=O)COC(=O)CNC(=O)COc2ccccc2)CC1. The molecule has 0 radical (unpaired) electrons. The van der Waals surface area contributed by atoms with Gasteiger partial charge in [0.2, 0.25) is 0 Å². The first-order valence-electron chi connectivity index (χ1n) is 10.7. The lowest BCUT2D eigenvalue weighted by Crippen LogP contribution is -2.42. The minimum absolute atomic E-state index is 0.134. The molecule has 0 heterocycles. The predicted molar refractivity (Wildman–Crippen MR) is 114 cm³/mol. The van der Waals surface area contributed by atoms with Crippen LogP contribution in [0.15, 0.2) is 30.3 Å². The highest BCUT2D eigenvalue weighted by atomic mass is 16.5. The Bertz CT molecular complexity index is 697. The molecular weight excluding hydrogens is 384 g/mol. The molecule has 30 heavy (non-hydrogen) atoms. The maximum atomic E-state index is 12.1. The molecule has 0 unspecified atom stereocenters. The van der Waals surface area contributed by atoms with Gasteiger partial charge in [-0.3, -0.25) is 14.4 Å². The van der Waals surface area contributed by atoms with E-state index in [0.717, 1.165) is 32.1 Å². The lowest BCUT2D eigenvalue weighted by molar-refractivity contribution is -0.148. The van der Waals surface area contributed by atoms with Gasteiger partial charge in [-0.25, -0.2) is 0 Å². The number of nitrogens with one attached hydrogen (secondary N) is 2. The second kappa shape index (κ2) is 11.6. The summed E-state index contributed by atoms with van der Waals surface area (Å²) in [6.45, 7) is 6.00. The molecule has 1 aromatic carbocycles. The smallest absolute Gasteiger partial charge is 0.325 e. The molecule has 7 nitrogen and oxygen atoms in total. The van der Waals surface area contributed by atoms with E-state index in [1.807, 2.05) is 6.07 Å². The summed E-state index contributed by atoms with van der Waals surface area (Å²) in [5, 5.41) is 5.36. The Morgan fingerprint density at radius 2 is 1.67 bits per heavy atom. The Morgan fingerprint density at radius 3 is 2.30 bits per heavy atom. The molecule has 1 aliphatic rings. The molecular formula is C23H34N2O5. The van der Waals surface area contributed by atoms with Crippen molar-refractivity contribution in [3.63, 3.8) is 0 Å². The van der Waals surface area contributed by atoms with Crippen LogP contribution in [0, 0.1) is 11.3 Å². The fraction of sp³-hybridized carbons (Fsp3) is 0.609. The van der Waals surface area contributed by atoms with Gasteiger partial charge in [0, 0.05) is 6.04 Å². The number of rotatable bonds is 10. The average Bonchev–Trinajstić information content (AvgIpc) is 2.76. The summed E-state index contributed by atoms with van der Waals surface area (Å²) in [6.07, 6.45) is 5.25. The summed E-state index contributed by atoms with van der Waals surface area (Å²) in [5.41, 5.74) is 0.334. The number of ether oxygens (including phenoxy) is 2. The van der Waals surface area contributed by atoms with Crippen LogP contribution in [0.5, 0.6) is 5.75 Å². The standard InChI is InChI=1S/C23H34N2O5/c1-4-23(2,3)17-10-12-18(13-11-17)25-21(27)16-30-22(28)14-24-20(26)15-29-19-8-6-5-7-9-19/h5-9,17-18H,4,10-16H2,1-3H3,(H,24,26)(H,25,27). The molecule has 1 saturated carbocycles. The zero-order valence-corrected chi connectivity index (χ0v) is 18.2. The lowest BCUT2D eigenvalue weighted by atomic mass is 9.69. The number of hydrogen-bond acceptors (Lipinski definition) is 5. The van der Waals surface area contributed by atoms with Gasteiger partial charge in [0.1, 0.15) is 12.3 Å². The summed E-state index contributed by atoms with van der Waals surface area (Å²) in [6, 6.07) is 9.04. The van der Waals surface area contributed by atoms with Gasteiger partial charge in [0.15, 0.2) is 13.2 Å². The van der Waals surface area contributed by atoms with Crippen molar-refractivity contribution in [2.75, 3.05) is 19.8 Å². The Kier molecular flexibility index (Phi) is 9.15. The normalized spacial score (nSPS) is 18.9. The number of esters is 1. The number of carbonyl (C=O) groups is 3. The van der Waals surface area contributed by atoms with Crippen LogP contribution in [0.3, 0.4) is 0 Å². The highest BCUT2D eigenvalue weighted by Gasteiger charge is 2.32. The Hall–Kier alpha value is -2.57. The fourth-order valence-corrected chi connectivity index (χ4v) is 3.66. The zero-order chi connectivity index (χ0) is 22.0. The van der Waals surface area contributed by atoms with E-state index in [2.05, 4.69) is 31.4 Å². The van der Waals surface area contributed by atoms with Gasteiger partial charge in [-0.2, -0.15) is 0 Å². The number of benzene rings is 1. The number of carbonyl (C=O) groups excluding carboxylic acids is 3. The molecule has 2 N–H and O–H groups in total. The molecule has 2 amide bonds. The summed E-state index contributed by atoms with van der Waals surface area (Å²) < 4.78 is 10.2. The van der Waals surface area contributed by atoms with Crippen LogP contribution in [0.1, 0.15) is 52.9 Å². The van der Waals surface area contributed by atoms with Crippen LogP contribution in [0.2, 0.25) is 0 Å². The highest BCUT2D eigenvalue weighted by Crippen LogP contribution is 2.40. The first-order chi connectivity index (χ1) is 14.3. The molecule has 1 aliphatic carbocycles. The van der Waals surface area contributed by atoms with Crippen LogP contribution in [-0.2, 0) is 19.1 Å². The third-order valence-corrected chi connectivity index (χ3v) is 6.02. The van der Waals surface area contributed by atoms with E-state index in [4.69, 9.17) is 9.47 Å². The topological polar surface area (TPSA) is 93.7 Å². The van der Waals surface area contributed by atoms with E-state index >= 15 is 0 Å². The van der Waals surface area contributed by atoms with Crippen molar-refractivity contribution in [2.24, 2.45) is 11.3 Å². The summed E-state index contributed by atoms with van der Waals surface area (Å²) >= 11 is 0. The summed E-state index contributed by atoms with van der Waals surface area (Å²) in [7, 11) is 0. The van der Waals surface area contributed by atoms with Gasteiger partial charge >= 0.3 is 5.97 Å². The quantitative estimate of drug-likeness (QED) is 0.570. The maximum absolute atomic E-state index is 12.1. The van der Waals surface area contributed by atoms with E-state index < -0.39 is 11.9 Å². The number of para-hydroxylation sites is 1. The first-order valence-corrected chi connectivity index (χ1v) is 10.7. The van der Waals surface area contributed by atoms with Crippen molar-refractivity contribution in [3.05, 3.63) is 30.3 Å². The van der Waals surface area contributed by atoms with Crippen LogP contribution >= 0.6 is 0 Å². The monoisotopic (exact) mass is 418 g/mol. The third kappa shape index (κ3) is 8.05. The highest BCUT2D eigenvalue weighted by molar-refractivity contribution is 5.84. The third-order valence-electron chi connectivity index (χ3n) is 6.02. The zero-order valence-electron chi connectivity index (χ0n) is 18.2. The Morgan fingerprint density at radius 1 is 1.00 bits per heavy atom. The summed E-state index contributed by atoms with van der Waals surface area (Å²) in [4.78, 5) is 35.5. The number of amides is 2. The summed E-state index contributed by atoms with van der Waals surface area (Å²) in [5.74, 6) is -0.152. The van der Waals surface area contributed by atoms with Gasteiger partial charge in [0.25, 0.3) is 11.8 Å². The van der Waals surface area contributed by atoms with Gasteiger partial charge in [-0.05, 0) is 49.1 Å². The molecule has 0 aromatic heterocycles. The van der Waals surface area contributed by atoms with Crippen LogP contribution < -0.4 is 15.4 Å². The molecule has 0 aliphatic heterocycles. The van der Waals surface area contributed by atoms with Crippen LogP contribution in [-0.4, -0.2) is 43.6 Å². The minimum atomic E-state index is -0.661. The van der Waals surface area contributed by atoms with E-state index in [1.54, 1.807) is 24.3 Å². The maximum Gasteiger partial charge on any atom is 0.325 e. The molecule has 166 valence electrons. The van der Waals surface area contributed by atoms with Crippen molar-refractivity contribution in [1.82, 2.24) is 10.6 Å². The van der Waals surface area contributed by atoms with E-state index in [0.29, 0.717) is 17.1 Å². The molecule has 7 heteroatoms. The van der Waals surface area contributed by atoms with Gasteiger partial charge in [0.05, 0.1) is 0 Å². The molecule has 0 spiro atoms. The number of hydrogen-bond donors (Lipinski definition) is 2. The Labute approximate surface area is 178 Å². The van der Waals surface area contributed by atoms with Crippen LogP contribution in [0.4, 0.5) is 0 Å². The van der Waals surface area contributed by atoms with Crippen molar-refractivity contribution in [2.45, 2.75) is 58.9 Å². The molecule has 1 fully saturated rings. The minimum Gasteiger partial charge on any atom is -0.484 e. The Balaban J connectivity index is 1.57. The second-order valence-electron chi connectivity index (χ2n) is 8.50. The molecule has 0 bridgehead atoms. The van der Waals surface area contributed by atoms with Crippen molar-refractivity contribution >= 4 is 17.8 Å². The van der Waals surface area contributed by atoms with Gasteiger partial charge < -0.3 is 20.1 Å². The molecule has 0 saturated heterocycles. The van der Waals surface area contributed by atoms with Crippen molar-refractivity contribution in [1.29, 1.82) is 0 Å². The first kappa shape index (κ1) is 23.7. The van der Waals surface area contributed by atoms with Crippen molar-refractivity contribution in [3.8, 4) is 5.75 Å². The lowest BCUT2D eigenvalue weighted by Gasteiger charge is -2.39.